The van der Waals surface area contributed by atoms with E-state index in [1.807, 2.05) is 11.3 Å². The van der Waals surface area contributed by atoms with Crippen molar-refractivity contribution >= 4 is 11.3 Å². The normalized spacial score (nSPS) is 20.2. The highest BCUT2D eigenvalue weighted by molar-refractivity contribution is 7.11. The summed E-state index contributed by atoms with van der Waals surface area (Å²) in [6, 6.07) is 0. The first-order chi connectivity index (χ1) is 6.66. The molecule has 1 fully saturated rings. The Balaban J connectivity index is 2.08. The Morgan fingerprint density at radius 2 is 1.93 bits per heavy atom. The van der Waals surface area contributed by atoms with Crippen LogP contribution in [0.15, 0.2) is 0 Å². The van der Waals surface area contributed by atoms with Crippen LogP contribution in [-0.4, -0.2) is 30.0 Å². The van der Waals surface area contributed by atoms with Gasteiger partial charge in [-0.3, -0.25) is 0 Å². The lowest BCUT2D eigenvalue weighted by Gasteiger charge is -2.27. The maximum Gasteiger partial charge on any atom is 0.0962 e. The van der Waals surface area contributed by atoms with Crippen LogP contribution in [0.3, 0.4) is 0 Å². The fourth-order valence-corrected chi connectivity index (χ4v) is 3.02. The number of hydrogen-bond donors (Lipinski definition) is 0. The molecule has 0 atom stereocenters. The van der Waals surface area contributed by atoms with Gasteiger partial charge in [0.05, 0.1) is 10.7 Å². The van der Waals surface area contributed by atoms with Crippen LogP contribution in [0.1, 0.15) is 34.3 Å². The summed E-state index contributed by atoms with van der Waals surface area (Å²) in [4.78, 5) is 8.45. The Hall–Kier alpha value is -0.410. The van der Waals surface area contributed by atoms with E-state index in [2.05, 4.69) is 30.8 Å². The van der Waals surface area contributed by atoms with Gasteiger partial charge in [0.1, 0.15) is 0 Å². The van der Waals surface area contributed by atoms with Crippen LogP contribution in [0.25, 0.3) is 0 Å². The van der Waals surface area contributed by atoms with Crippen LogP contribution in [0.5, 0.6) is 0 Å². The highest BCUT2D eigenvalue weighted by Crippen LogP contribution is 2.31. The number of piperidine rings is 1. The van der Waals surface area contributed by atoms with Gasteiger partial charge in [-0.05, 0) is 46.8 Å². The zero-order valence-corrected chi connectivity index (χ0v) is 10.0. The highest BCUT2D eigenvalue weighted by Gasteiger charge is 2.21. The Morgan fingerprint density at radius 1 is 1.29 bits per heavy atom. The topological polar surface area (TPSA) is 16.1 Å². The fraction of sp³-hybridized carbons (Fsp3) is 0.727. The summed E-state index contributed by atoms with van der Waals surface area (Å²) in [5, 5.41) is 1.37. The molecule has 78 valence electrons. The molecule has 2 heterocycles. The number of nitrogens with zero attached hydrogens (tertiary/aromatic N) is 2. The molecule has 0 radical (unpaired) electrons. The summed E-state index contributed by atoms with van der Waals surface area (Å²) in [7, 11) is 2.20. The quantitative estimate of drug-likeness (QED) is 0.708. The maximum atomic E-state index is 4.66. The average molecular weight is 210 g/mol. The van der Waals surface area contributed by atoms with Gasteiger partial charge in [-0.25, -0.2) is 4.98 Å². The largest absolute Gasteiger partial charge is 0.306 e. The lowest BCUT2D eigenvalue weighted by molar-refractivity contribution is 0.255. The second-order valence-electron chi connectivity index (χ2n) is 4.27. The standard InChI is InChI=1S/C11H18N2S/c1-8-9(2)14-11(12-8)10-4-6-13(3)7-5-10/h10H,4-7H2,1-3H3. The molecule has 2 nitrogen and oxygen atoms in total. The van der Waals surface area contributed by atoms with E-state index in [1.54, 1.807) is 0 Å². The molecule has 1 saturated heterocycles. The van der Waals surface area contributed by atoms with Gasteiger partial charge >= 0.3 is 0 Å². The molecule has 3 heteroatoms. The molecular formula is C11H18N2S. The Bertz CT molecular complexity index is 292. The van der Waals surface area contributed by atoms with Crippen molar-refractivity contribution in [2.24, 2.45) is 0 Å². The second-order valence-corrected chi connectivity index (χ2v) is 5.51. The summed E-state index contributed by atoms with van der Waals surface area (Å²) < 4.78 is 0. The van der Waals surface area contributed by atoms with Crippen LogP contribution >= 0.6 is 11.3 Å². The first kappa shape index (κ1) is 10.1. The predicted molar refractivity (Wildman–Crippen MR) is 61.1 cm³/mol. The molecule has 0 amide bonds. The van der Waals surface area contributed by atoms with E-state index < -0.39 is 0 Å². The molecule has 1 aliphatic rings. The zero-order valence-electron chi connectivity index (χ0n) is 9.21. The van der Waals surface area contributed by atoms with Crippen molar-refractivity contribution in [1.82, 2.24) is 9.88 Å². The molecule has 1 aliphatic heterocycles. The van der Waals surface area contributed by atoms with Crippen molar-refractivity contribution in [3.63, 3.8) is 0 Å². The van der Waals surface area contributed by atoms with Gasteiger partial charge in [0, 0.05) is 10.8 Å². The summed E-state index contributed by atoms with van der Waals surface area (Å²) in [5.41, 5.74) is 1.23. The molecule has 0 bridgehead atoms. The van der Waals surface area contributed by atoms with Crippen LogP contribution in [0.2, 0.25) is 0 Å². The van der Waals surface area contributed by atoms with Gasteiger partial charge < -0.3 is 4.90 Å². The molecule has 0 unspecified atom stereocenters. The minimum Gasteiger partial charge on any atom is -0.306 e. The van der Waals surface area contributed by atoms with Gasteiger partial charge in [0.2, 0.25) is 0 Å². The van der Waals surface area contributed by atoms with E-state index in [1.165, 1.54) is 41.5 Å². The van der Waals surface area contributed by atoms with Crippen molar-refractivity contribution in [2.75, 3.05) is 20.1 Å². The van der Waals surface area contributed by atoms with E-state index in [0.717, 1.165) is 5.92 Å². The number of aryl methyl sites for hydroxylation is 2. The van der Waals surface area contributed by atoms with E-state index in [0.29, 0.717) is 0 Å². The maximum absolute atomic E-state index is 4.66. The minimum absolute atomic E-state index is 0.726. The second kappa shape index (κ2) is 3.99. The summed E-state index contributed by atoms with van der Waals surface area (Å²) >= 11 is 1.89. The first-order valence-corrected chi connectivity index (χ1v) is 6.11. The number of thiazole rings is 1. The zero-order chi connectivity index (χ0) is 10.1. The van der Waals surface area contributed by atoms with Crippen molar-refractivity contribution in [3.05, 3.63) is 15.6 Å². The number of hydrogen-bond acceptors (Lipinski definition) is 3. The number of likely N-dealkylation sites (tertiary alicyclic amines) is 1. The third kappa shape index (κ3) is 1.98. The van der Waals surface area contributed by atoms with Gasteiger partial charge in [0.15, 0.2) is 0 Å². The third-order valence-corrected chi connectivity index (χ3v) is 4.35. The smallest absolute Gasteiger partial charge is 0.0962 e. The molecule has 0 aromatic carbocycles. The van der Waals surface area contributed by atoms with Gasteiger partial charge in [0.25, 0.3) is 0 Å². The molecule has 14 heavy (non-hydrogen) atoms. The monoisotopic (exact) mass is 210 g/mol. The third-order valence-electron chi connectivity index (χ3n) is 3.11. The summed E-state index contributed by atoms with van der Waals surface area (Å²) in [6.45, 7) is 6.74. The molecule has 0 spiro atoms. The van der Waals surface area contributed by atoms with Crippen molar-refractivity contribution in [3.8, 4) is 0 Å². The number of aromatic nitrogens is 1. The van der Waals surface area contributed by atoms with Gasteiger partial charge in [-0.1, -0.05) is 0 Å². The highest BCUT2D eigenvalue weighted by atomic mass is 32.1. The fourth-order valence-electron chi connectivity index (χ4n) is 1.93. The van der Waals surface area contributed by atoms with Crippen LogP contribution in [-0.2, 0) is 0 Å². The Labute approximate surface area is 90.0 Å². The van der Waals surface area contributed by atoms with E-state index >= 15 is 0 Å². The van der Waals surface area contributed by atoms with Crippen LogP contribution in [0, 0.1) is 13.8 Å². The Morgan fingerprint density at radius 3 is 2.43 bits per heavy atom. The van der Waals surface area contributed by atoms with Crippen LogP contribution in [0.4, 0.5) is 0 Å². The summed E-state index contributed by atoms with van der Waals surface area (Å²) in [6.07, 6.45) is 2.56. The summed E-state index contributed by atoms with van der Waals surface area (Å²) in [5.74, 6) is 0.726. The number of rotatable bonds is 1. The van der Waals surface area contributed by atoms with E-state index in [4.69, 9.17) is 0 Å². The molecule has 0 aliphatic carbocycles. The lowest BCUT2D eigenvalue weighted by Crippen LogP contribution is -2.29. The molecule has 0 N–H and O–H groups in total. The van der Waals surface area contributed by atoms with E-state index in [9.17, 15) is 0 Å². The minimum atomic E-state index is 0.726. The molecular weight excluding hydrogens is 192 g/mol. The molecule has 1 aromatic rings. The lowest BCUT2D eigenvalue weighted by atomic mass is 9.98. The van der Waals surface area contributed by atoms with Crippen molar-refractivity contribution < 1.29 is 0 Å². The Kier molecular flexibility index (Phi) is 2.88. The molecule has 2 rings (SSSR count). The molecule has 1 aromatic heterocycles. The van der Waals surface area contributed by atoms with Crippen molar-refractivity contribution in [2.45, 2.75) is 32.6 Å². The SMILES string of the molecule is Cc1nc(C2CCN(C)CC2)sc1C. The first-order valence-electron chi connectivity index (χ1n) is 5.29. The predicted octanol–water partition coefficient (Wildman–Crippen LogP) is 2.57. The van der Waals surface area contributed by atoms with Crippen molar-refractivity contribution in [1.29, 1.82) is 0 Å². The van der Waals surface area contributed by atoms with Gasteiger partial charge in [-0.15, -0.1) is 11.3 Å². The van der Waals surface area contributed by atoms with Crippen LogP contribution < -0.4 is 0 Å². The average Bonchev–Trinajstić information content (AvgIpc) is 2.48. The van der Waals surface area contributed by atoms with E-state index in [-0.39, 0.29) is 0 Å². The van der Waals surface area contributed by atoms with Gasteiger partial charge in [-0.2, -0.15) is 0 Å². The molecule has 0 saturated carbocycles.